The summed E-state index contributed by atoms with van der Waals surface area (Å²) >= 11 is 0. The van der Waals surface area contributed by atoms with E-state index in [9.17, 15) is 0 Å². The molecule has 1 rings (SSSR count). The van der Waals surface area contributed by atoms with Gasteiger partial charge in [0.2, 0.25) is 0 Å². The molecule has 0 saturated heterocycles. The molecule has 0 amide bonds. The van der Waals surface area contributed by atoms with Crippen LogP contribution < -0.4 is 0 Å². The van der Waals surface area contributed by atoms with Gasteiger partial charge in [0.25, 0.3) is 0 Å². The zero-order chi connectivity index (χ0) is 9.36. The molecule has 0 nitrogen and oxygen atoms in total. The number of hydrogen-bond acceptors (Lipinski definition) is 0. The van der Waals surface area contributed by atoms with Crippen molar-refractivity contribution in [2.75, 3.05) is 0 Å². The Kier molecular flexibility index (Phi) is 5.97. The van der Waals surface area contributed by atoms with Gasteiger partial charge >= 0.3 is 0 Å². The molecule has 1 aliphatic carbocycles. The van der Waals surface area contributed by atoms with Crippen molar-refractivity contribution in [1.82, 2.24) is 0 Å². The van der Waals surface area contributed by atoms with Crippen molar-refractivity contribution in [1.29, 1.82) is 0 Å². The Morgan fingerprint density at radius 1 is 0.923 bits per heavy atom. The van der Waals surface area contributed by atoms with Crippen LogP contribution in [0.15, 0.2) is 12.2 Å². The maximum Gasteiger partial charge on any atom is -0.0351 e. The summed E-state index contributed by atoms with van der Waals surface area (Å²) in [6.45, 7) is 2.22. The molecule has 75 valence electrons. The molecular formula is C13H23. The monoisotopic (exact) mass is 179 g/mol. The summed E-state index contributed by atoms with van der Waals surface area (Å²) in [7, 11) is 0. The molecule has 1 aliphatic rings. The zero-order valence-electron chi connectivity index (χ0n) is 8.97. The second-order valence-electron chi connectivity index (χ2n) is 4.13. The van der Waals surface area contributed by atoms with Gasteiger partial charge in [0.05, 0.1) is 0 Å². The van der Waals surface area contributed by atoms with Crippen LogP contribution in [-0.2, 0) is 0 Å². The van der Waals surface area contributed by atoms with Crippen LogP contribution in [0.1, 0.15) is 58.3 Å². The van der Waals surface area contributed by atoms with Crippen molar-refractivity contribution in [3.8, 4) is 0 Å². The van der Waals surface area contributed by atoms with E-state index in [4.69, 9.17) is 0 Å². The van der Waals surface area contributed by atoms with E-state index < -0.39 is 0 Å². The molecule has 13 heavy (non-hydrogen) atoms. The first-order valence-electron chi connectivity index (χ1n) is 5.88. The second kappa shape index (κ2) is 7.17. The van der Waals surface area contributed by atoms with Crippen LogP contribution >= 0.6 is 0 Å². The van der Waals surface area contributed by atoms with Crippen molar-refractivity contribution < 1.29 is 0 Å². The Morgan fingerprint density at radius 2 is 1.62 bits per heavy atom. The van der Waals surface area contributed by atoms with Gasteiger partial charge in [0, 0.05) is 0 Å². The highest BCUT2D eigenvalue weighted by Crippen LogP contribution is 2.20. The highest BCUT2D eigenvalue weighted by molar-refractivity contribution is 4.83. The minimum absolute atomic E-state index is 0.895. The van der Waals surface area contributed by atoms with Crippen LogP contribution in [0.5, 0.6) is 0 Å². The Labute approximate surface area is 83.4 Å². The van der Waals surface area contributed by atoms with Gasteiger partial charge in [-0.25, -0.2) is 0 Å². The molecule has 0 aromatic heterocycles. The molecule has 0 N–H and O–H groups in total. The summed E-state index contributed by atoms with van der Waals surface area (Å²) in [6.07, 6.45) is 18.2. The van der Waals surface area contributed by atoms with Gasteiger partial charge in [0.15, 0.2) is 0 Å². The molecule has 0 aromatic carbocycles. The van der Waals surface area contributed by atoms with Crippen molar-refractivity contribution >= 4 is 0 Å². The van der Waals surface area contributed by atoms with Gasteiger partial charge in [-0.2, -0.15) is 0 Å². The van der Waals surface area contributed by atoms with E-state index >= 15 is 0 Å². The first kappa shape index (κ1) is 10.8. The standard InChI is InChI=1S/C13H23/c1-2-13-11-9-7-5-3-4-6-8-10-12-13/h2-3,5,13H,4,6-12H2,1H3/b5-3-. The fraction of sp³-hybridized carbons (Fsp3) is 0.769. The largest absolute Gasteiger partial charge is 0.0885 e. The Hall–Kier alpha value is -0.260. The molecule has 0 fully saturated rings. The van der Waals surface area contributed by atoms with Crippen LogP contribution in [0.2, 0.25) is 0 Å². The predicted molar refractivity (Wildman–Crippen MR) is 59.5 cm³/mol. The molecule has 0 heterocycles. The van der Waals surface area contributed by atoms with Gasteiger partial charge in [-0.3, -0.25) is 0 Å². The van der Waals surface area contributed by atoms with Crippen molar-refractivity contribution in [2.24, 2.45) is 5.92 Å². The third kappa shape index (κ3) is 5.13. The number of allylic oxidation sites excluding steroid dienone is 2. The normalized spacial score (nSPS) is 29.2. The average Bonchev–Trinajstić information content (AvgIpc) is 2.22. The van der Waals surface area contributed by atoms with E-state index in [0.717, 1.165) is 5.92 Å². The van der Waals surface area contributed by atoms with E-state index in [-0.39, 0.29) is 0 Å². The summed E-state index contributed by atoms with van der Waals surface area (Å²) in [6, 6.07) is 0. The third-order valence-corrected chi connectivity index (χ3v) is 3.03. The first-order chi connectivity index (χ1) is 6.43. The van der Waals surface area contributed by atoms with Gasteiger partial charge in [-0.15, -0.1) is 0 Å². The smallest absolute Gasteiger partial charge is 0.0351 e. The van der Waals surface area contributed by atoms with Crippen LogP contribution in [0.3, 0.4) is 0 Å². The van der Waals surface area contributed by atoms with Crippen molar-refractivity contribution in [3.05, 3.63) is 18.6 Å². The van der Waals surface area contributed by atoms with Crippen LogP contribution in [0.25, 0.3) is 0 Å². The summed E-state index contributed by atoms with van der Waals surface area (Å²) < 4.78 is 0. The Bertz CT molecular complexity index is 135. The van der Waals surface area contributed by atoms with Gasteiger partial charge < -0.3 is 0 Å². The van der Waals surface area contributed by atoms with Crippen molar-refractivity contribution in [2.45, 2.75) is 58.3 Å². The number of hydrogen-bond donors (Lipinski definition) is 0. The zero-order valence-corrected chi connectivity index (χ0v) is 8.97. The molecule has 1 atom stereocenters. The third-order valence-electron chi connectivity index (χ3n) is 3.03. The van der Waals surface area contributed by atoms with Gasteiger partial charge in [-0.1, -0.05) is 38.3 Å². The number of rotatable bonds is 1. The molecular weight excluding hydrogens is 156 g/mol. The molecule has 0 aliphatic heterocycles. The minimum Gasteiger partial charge on any atom is -0.0885 e. The minimum atomic E-state index is 0.895. The average molecular weight is 179 g/mol. The molecule has 0 spiro atoms. The second-order valence-corrected chi connectivity index (χ2v) is 4.13. The lowest BCUT2D eigenvalue weighted by Crippen LogP contribution is -1.99. The Balaban J connectivity index is 2.26. The summed E-state index contributed by atoms with van der Waals surface area (Å²) in [5, 5.41) is 0. The lowest BCUT2D eigenvalue weighted by Gasteiger charge is -2.12. The van der Waals surface area contributed by atoms with Crippen LogP contribution in [0.4, 0.5) is 0 Å². The summed E-state index contributed by atoms with van der Waals surface area (Å²) in [5.41, 5.74) is 0. The lowest BCUT2D eigenvalue weighted by atomic mass is 9.93. The maximum absolute atomic E-state index is 2.40. The predicted octanol–water partition coefficient (Wildman–Crippen LogP) is 4.52. The van der Waals surface area contributed by atoms with Crippen LogP contribution in [-0.4, -0.2) is 0 Å². The van der Waals surface area contributed by atoms with E-state index in [0.29, 0.717) is 0 Å². The highest BCUT2D eigenvalue weighted by Gasteiger charge is 2.05. The van der Waals surface area contributed by atoms with Crippen molar-refractivity contribution in [3.63, 3.8) is 0 Å². The molecule has 0 heteroatoms. The lowest BCUT2D eigenvalue weighted by molar-refractivity contribution is 0.468. The van der Waals surface area contributed by atoms with E-state index in [2.05, 4.69) is 25.5 Å². The quantitative estimate of drug-likeness (QED) is 0.519. The molecule has 0 saturated carbocycles. The first-order valence-corrected chi connectivity index (χ1v) is 5.88. The Morgan fingerprint density at radius 3 is 2.38 bits per heavy atom. The molecule has 1 radical (unpaired) electrons. The van der Waals surface area contributed by atoms with Crippen LogP contribution in [0, 0.1) is 12.3 Å². The topological polar surface area (TPSA) is 0 Å². The fourth-order valence-electron chi connectivity index (χ4n) is 2.06. The van der Waals surface area contributed by atoms with E-state index in [1.165, 1.54) is 51.4 Å². The van der Waals surface area contributed by atoms with Gasteiger partial charge in [-0.05, 0) is 44.4 Å². The highest BCUT2D eigenvalue weighted by atomic mass is 14.1. The molecule has 1 unspecified atom stereocenters. The summed E-state index contributed by atoms with van der Waals surface area (Å²) in [5.74, 6) is 0.895. The molecule has 0 bridgehead atoms. The summed E-state index contributed by atoms with van der Waals surface area (Å²) in [4.78, 5) is 0. The maximum atomic E-state index is 2.40. The van der Waals surface area contributed by atoms with E-state index in [1.807, 2.05) is 0 Å². The van der Waals surface area contributed by atoms with E-state index in [1.54, 1.807) is 0 Å². The SMILES string of the molecule is C[CH]C1CCC/C=C\CCCCC1. The molecule has 0 aromatic rings. The van der Waals surface area contributed by atoms with Gasteiger partial charge in [0.1, 0.15) is 0 Å². The fourth-order valence-corrected chi connectivity index (χ4v) is 2.06.